The van der Waals surface area contributed by atoms with E-state index in [1.165, 1.54) is 12.1 Å². The fourth-order valence-corrected chi connectivity index (χ4v) is 2.11. The first-order valence-corrected chi connectivity index (χ1v) is 5.99. The standard InChI is InChI=1S/C15H15N3O3/c1-8-17-11-4-2-3-10(16)14(11)15(21)18(8)12-6-5-9(19)7-13(12)20/h2-4,12H,5-7,16H2,1H3/i1D,4D,5D2,6D2,12D. The molecule has 2 N–H and O–H groups in total. The van der Waals surface area contributed by atoms with E-state index in [9.17, 15) is 14.4 Å². The van der Waals surface area contributed by atoms with Crippen LogP contribution in [0.3, 0.4) is 0 Å². The van der Waals surface area contributed by atoms with Crippen LogP contribution in [0.2, 0.25) is 0 Å². The van der Waals surface area contributed by atoms with Crippen molar-refractivity contribution in [1.82, 2.24) is 9.55 Å². The summed E-state index contributed by atoms with van der Waals surface area (Å²) >= 11 is 0. The highest BCUT2D eigenvalue weighted by Crippen LogP contribution is 2.24. The van der Waals surface area contributed by atoms with Crippen LogP contribution in [0.4, 0.5) is 5.69 Å². The molecule has 0 amide bonds. The molecule has 2 aromatic rings. The summed E-state index contributed by atoms with van der Waals surface area (Å²) in [7, 11) is 0. The zero-order valence-corrected chi connectivity index (χ0v) is 10.8. The molecule has 1 aromatic carbocycles. The van der Waals surface area contributed by atoms with Crippen molar-refractivity contribution in [2.75, 3.05) is 5.73 Å². The quantitative estimate of drug-likeness (QED) is 0.628. The number of rotatable bonds is 1. The maximum Gasteiger partial charge on any atom is 0.264 e. The molecule has 1 aromatic heterocycles. The third-order valence-corrected chi connectivity index (χ3v) is 3.05. The van der Waals surface area contributed by atoms with Gasteiger partial charge >= 0.3 is 0 Å². The van der Waals surface area contributed by atoms with Crippen molar-refractivity contribution in [3.05, 3.63) is 34.4 Å². The molecule has 1 unspecified atom stereocenters. The number of fused-ring (bicyclic) bond motifs is 1. The lowest BCUT2D eigenvalue weighted by molar-refractivity contribution is -0.132. The van der Waals surface area contributed by atoms with E-state index in [0.717, 1.165) is 0 Å². The van der Waals surface area contributed by atoms with Gasteiger partial charge in [0.1, 0.15) is 11.6 Å². The highest BCUT2D eigenvalue weighted by Gasteiger charge is 2.30. The van der Waals surface area contributed by atoms with Crippen LogP contribution in [0.15, 0.2) is 23.0 Å². The van der Waals surface area contributed by atoms with Gasteiger partial charge in [-0.1, -0.05) is 6.07 Å². The lowest BCUT2D eigenvalue weighted by atomic mass is 9.92. The first-order valence-electron chi connectivity index (χ1n) is 9.70. The number of nitrogen functional groups attached to an aromatic ring is 1. The number of carbonyl (C=O) groups excluding carboxylic acids is 2. The minimum atomic E-state index is -3.44. The van der Waals surface area contributed by atoms with Crippen LogP contribution in [0.25, 0.3) is 10.9 Å². The molecule has 21 heavy (non-hydrogen) atoms. The molecule has 1 aliphatic rings. The van der Waals surface area contributed by atoms with E-state index < -0.39 is 55.0 Å². The Morgan fingerprint density at radius 3 is 3.14 bits per heavy atom. The summed E-state index contributed by atoms with van der Waals surface area (Å²) in [6.07, 6.45) is -7.77. The smallest absolute Gasteiger partial charge is 0.264 e. The number of nitrogens with zero attached hydrogens (tertiary/aromatic N) is 2. The van der Waals surface area contributed by atoms with Gasteiger partial charge in [-0.05, 0) is 25.4 Å². The molecular weight excluding hydrogens is 270 g/mol. The van der Waals surface area contributed by atoms with Crippen molar-refractivity contribution < 1.29 is 19.2 Å². The Balaban J connectivity index is 2.51. The van der Waals surface area contributed by atoms with E-state index in [2.05, 4.69) is 4.98 Å². The predicted octanol–water partition coefficient (Wildman–Crippen LogP) is 1.15. The second-order valence-corrected chi connectivity index (χ2v) is 4.45. The number of nitrogens with two attached hydrogens (primary N) is 1. The molecule has 6 nitrogen and oxygen atoms in total. The molecule has 1 saturated carbocycles. The van der Waals surface area contributed by atoms with Crippen molar-refractivity contribution in [1.29, 1.82) is 0 Å². The van der Waals surface area contributed by atoms with Gasteiger partial charge in [0.25, 0.3) is 5.56 Å². The van der Waals surface area contributed by atoms with Crippen molar-refractivity contribution in [2.24, 2.45) is 0 Å². The van der Waals surface area contributed by atoms with E-state index in [4.69, 9.17) is 15.3 Å². The summed E-state index contributed by atoms with van der Waals surface area (Å²) < 4.78 is 56.1. The van der Waals surface area contributed by atoms with Crippen LogP contribution in [0.1, 0.15) is 40.6 Å². The Hall–Kier alpha value is -2.50. The number of Topliss-reactive ketones (excluding diaryl/α,β-unsaturated/α-hetero) is 2. The minimum Gasteiger partial charge on any atom is -0.398 e. The molecular formula is C15H15N3O3. The predicted molar refractivity (Wildman–Crippen MR) is 78.1 cm³/mol. The molecule has 1 fully saturated rings. The number of ketones is 2. The zero-order chi connectivity index (χ0) is 21.2. The Labute approximate surface area is 130 Å². The molecule has 1 atom stereocenters. The second-order valence-electron chi connectivity index (χ2n) is 4.45. The lowest BCUT2D eigenvalue weighted by Gasteiger charge is -2.24. The Morgan fingerprint density at radius 2 is 2.38 bits per heavy atom. The molecule has 0 bridgehead atoms. The highest BCUT2D eigenvalue weighted by atomic mass is 16.2. The van der Waals surface area contributed by atoms with Gasteiger partial charge in [-0.25, -0.2) is 4.98 Å². The number of carbonyl (C=O) groups is 2. The van der Waals surface area contributed by atoms with E-state index in [1.54, 1.807) is 0 Å². The van der Waals surface area contributed by atoms with E-state index in [1.807, 2.05) is 0 Å². The van der Waals surface area contributed by atoms with Gasteiger partial charge in [-0.2, -0.15) is 0 Å². The summed E-state index contributed by atoms with van der Waals surface area (Å²) in [5.41, 5.74) is 4.30. The maximum absolute atomic E-state index is 13.1. The second kappa shape index (κ2) is 4.80. The highest BCUT2D eigenvalue weighted by molar-refractivity contribution is 6.03. The molecule has 0 saturated heterocycles. The third-order valence-electron chi connectivity index (χ3n) is 3.05. The van der Waals surface area contributed by atoms with Gasteiger partial charge in [0, 0.05) is 18.9 Å². The first-order chi connectivity index (χ1) is 12.8. The van der Waals surface area contributed by atoms with Gasteiger partial charge < -0.3 is 5.73 Å². The van der Waals surface area contributed by atoms with Crippen LogP contribution in [0.5, 0.6) is 0 Å². The number of aromatic nitrogens is 2. The van der Waals surface area contributed by atoms with Crippen LogP contribution in [-0.2, 0) is 9.59 Å². The normalized spacial score (nSPS) is 32.3. The average molecular weight is 292 g/mol. The summed E-state index contributed by atoms with van der Waals surface area (Å²) in [5.74, 6) is -3.20. The summed E-state index contributed by atoms with van der Waals surface area (Å²) in [6.45, 7) is -0.764. The van der Waals surface area contributed by atoms with Crippen molar-refractivity contribution in [3.63, 3.8) is 0 Å². The van der Waals surface area contributed by atoms with Crippen LogP contribution in [-0.4, -0.2) is 21.1 Å². The molecule has 0 spiro atoms. The number of hydrogen-bond donors (Lipinski definition) is 1. The third kappa shape index (κ3) is 2.12. The minimum absolute atomic E-state index is 0.139. The SMILES string of the molecule is [2H]Cc1nc2c([2H])ccc(N)c2c(=O)n1C1([2H])C(=O)CC(=O)C([2H])([2H])C1([2H])[2H]. The van der Waals surface area contributed by atoms with Crippen molar-refractivity contribution in [3.8, 4) is 0 Å². The van der Waals surface area contributed by atoms with E-state index in [-0.39, 0.29) is 22.6 Å². The topological polar surface area (TPSA) is 95.0 Å². The van der Waals surface area contributed by atoms with Gasteiger partial charge in [-0.15, -0.1) is 0 Å². The molecule has 1 aliphatic carbocycles. The van der Waals surface area contributed by atoms with Gasteiger partial charge in [0.15, 0.2) is 5.78 Å². The fourth-order valence-electron chi connectivity index (χ4n) is 2.11. The molecule has 1 heterocycles. The molecule has 6 heteroatoms. The van der Waals surface area contributed by atoms with Gasteiger partial charge in [0.05, 0.1) is 26.1 Å². The van der Waals surface area contributed by atoms with Gasteiger partial charge in [-0.3, -0.25) is 19.0 Å². The Kier molecular flexibility index (Phi) is 1.71. The van der Waals surface area contributed by atoms with Crippen molar-refractivity contribution >= 4 is 28.2 Å². The molecule has 0 aliphatic heterocycles. The summed E-state index contributed by atoms with van der Waals surface area (Å²) in [6, 6.07) is -0.898. The monoisotopic (exact) mass is 292 g/mol. The summed E-state index contributed by atoms with van der Waals surface area (Å²) in [4.78, 5) is 41.6. The number of hydrogen-bond acceptors (Lipinski definition) is 5. The zero-order valence-electron chi connectivity index (χ0n) is 17.8. The fraction of sp³-hybridized carbons (Fsp3) is 0.333. The lowest BCUT2D eigenvalue weighted by Crippen LogP contribution is -2.36. The van der Waals surface area contributed by atoms with E-state index >= 15 is 0 Å². The maximum atomic E-state index is 13.1. The first kappa shape index (κ1) is 7.49. The molecule has 3 rings (SSSR count). The van der Waals surface area contributed by atoms with Crippen LogP contribution < -0.4 is 11.3 Å². The van der Waals surface area contributed by atoms with Gasteiger partial charge in [0.2, 0.25) is 0 Å². The molecule has 0 radical (unpaired) electrons. The van der Waals surface area contributed by atoms with E-state index in [0.29, 0.717) is 4.57 Å². The van der Waals surface area contributed by atoms with Crippen LogP contribution in [0, 0.1) is 6.90 Å². The summed E-state index contributed by atoms with van der Waals surface area (Å²) in [5, 5.41) is -0.350. The molecule has 108 valence electrons. The number of anilines is 1. The largest absolute Gasteiger partial charge is 0.398 e. The van der Waals surface area contributed by atoms with Crippen LogP contribution >= 0.6 is 0 Å². The van der Waals surface area contributed by atoms with Crippen molar-refractivity contribution in [2.45, 2.75) is 32.1 Å². The number of aryl methyl sites for hydroxylation is 1. The average Bonchev–Trinajstić information content (AvgIpc) is 2.62. The Morgan fingerprint density at radius 1 is 1.57 bits per heavy atom. The number of benzene rings is 1. The Bertz CT molecular complexity index is 1100.